The van der Waals surface area contributed by atoms with E-state index in [0.717, 1.165) is 25.9 Å². The van der Waals surface area contributed by atoms with E-state index in [4.69, 9.17) is 15.6 Å². The van der Waals surface area contributed by atoms with Gasteiger partial charge in [-0.1, -0.05) is 0 Å². The van der Waals surface area contributed by atoms with Crippen molar-refractivity contribution in [2.75, 3.05) is 36.9 Å². The molecule has 1 saturated heterocycles. The highest BCUT2D eigenvalue weighted by Crippen LogP contribution is 2.25. The number of nitrogens with two attached hydrogens (primary N) is 1. The van der Waals surface area contributed by atoms with Crippen LogP contribution in [0.25, 0.3) is 0 Å². The molecule has 8 heteroatoms. The maximum absolute atomic E-state index is 10.7. The molecule has 20 heavy (non-hydrogen) atoms. The number of nitrogen functional groups attached to an aromatic ring is 1. The monoisotopic (exact) mass is 282 g/mol. The Morgan fingerprint density at radius 2 is 2.20 bits per heavy atom. The third kappa shape index (κ3) is 3.34. The zero-order valence-electron chi connectivity index (χ0n) is 11.1. The van der Waals surface area contributed by atoms with Crippen LogP contribution in [-0.2, 0) is 4.74 Å². The fourth-order valence-electron chi connectivity index (χ4n) is 2.26. The summed E-state index contributed by atoms with van der Waals surface area (Å²) in [6.07, 6.45) is 1.81. The van der Waals surface area contributed by atoms with E-state index >= 15 is 0 Å². The van der Waals surface area contributed by atoms with Gasteiger partial charge in [0.1, 0.15) is 5.82 Å². The number of hydrogen-bond donors (Lipinski definition) is 2. The van der Waals surface area contributed by atoms with Crippen molar-refractivity contribution in [1.29, 1.82) is 0 Å². The molecular formula is C12H18N4O4. The number of nitro groups is 1. The summed E-state index contributed by atoms with van der Waals surface area (Å²) in [5, 5.41) is 19.4. The molecule has 3 N–H and O–H groups in total. The Morgan fingerprint density at radius 1 is 1.50 bits per heavy atom. The normalized spacial score (nSPS) is 16.4. The van der Waals surface area contributed by atoms with Gasteiger partial charge in [-0.2, -0.15) is 0 Å². The van der Waals surface area contributed by atoms with Gasteiger partial charge >= 0.3 is 5.69 Å². The van der Waals surface area contributed by atoms with E-state index in [9.17, 15) is 10.1 Å². The molecule has 0 saturated carbocycles. The van der Waals surface area contributed by atoms with Gasteiger partial charge in [0, 0.05) is 19.2 Å². The zero-order valence-corrected chi connectivity index (χ0v) is 11.1. The second-order valence-corrected chi connectivity index (χ2v) is 4.61. The number of ether oxygens (including phenoxy) is 1. The van der Waals surface area contributed by atoms with Crippen LogP contribution in [0, 0.1) is 10.1 Å². The van der Waals surface area contributed by atoms with Gasteiger partial charge in [0.25, 0.3) is 0 Å². The Labute approximate surface area is 116 Å². The molecule has 1 aromatic heterocycles. The molecule has 2 heterocycles. The first-order chi connectivity index (χ1) is 9.61. The second kappa shape index (κ2) is 6.49. The molecule has 0 atom stereocenters. The molecule has 110 valence electrons. The molecule has 0 aromatic carbocycles. The third-order valence-electron chi connectivity index (χ3n) is 3.30. The highest BCUT2D eigenvalue weighted by molar-refractivity contribution is 5.58. The Kier molecular flexibility index (Phi) is 4.70. The molecule has 1 fully saturated rings. The van der Waals surface area contributed by atoms with Crippen LogP contribution in [0.15, 0.2) is 12.1 Å². The first kappa shape index (κ1) is 14.5. The smallest absolute Gasteiger partial charge is 0.311 e. The lowest BCUT2D eigenvalue weighted by Crippen LogP contribution is -2.37. The van der Waals surface area contributed by atoms with E-state index in [0.29, 0.717) is 12.4 Å². The Morgan fingerprint density at radius 3 is 2.75 bits per heavy atom. The Bertz CT molecular complexity index is 475. The highest BCUT2D eigenvalue weighted by atomic mass is 16.6. The lowest BCUT2D eigenvalue weighted by molar-refractivity contribution is -0.384. The molecule has 0 bridgehead atoms. The first-order valence-electron chi connectivity index (χ1n) is 6.50. The minimum Gasteiger partial charge on any atom is -0.394 e. The predicted octanol–water partition coefficient (Wildman–Crippen LogP) is 0.550. The maximum atomic E-state index is 10.7. The van der Waals surface area contributed by atoms with Gasteiger partial charge in [-0.3, -0.25) is 10.1 Å². The fraction of sp³-hybridized carbons (Fsp3) is 0.583. The van der Waals surface area contributed by atoms with Gasteiger partial charge in [-0.15, -0.1) is 0 Å². The molecule has 0 aliphatic carbocycles. The minimum atomic E-state index is -0.541. The number of aromatic nitrogens is 1. The zero-order chi connectivity index (χ0) is 14.5. The average molecular weight is 282 g/mol. The summed E-state index contributed by atoms with van der Waals surface area (Å²) in [5.74, 6) is 0.583. The minimum absolute atomic E-state index is 0.0284. The molecule has 8 nitrogen and oxygen atoms in total. The molecule has 1 aromatic rings. The van der Waals surface area contributed by atoms with Crippen LogP contribution in [0.1, 0.15) is 12.8 Å². The summed E-state index contributed by atoms with van der Waals surface area (Å²) in [4.78, 5) is 16.3. The quantitative estimate of drug-likeness (QED) is 0.598. The van der Waals surface area contributed by atoms with Gasteiger partial charge in [0.2, 0.25) is 5.82 Å². The Balaban J connectivity index is 1.97. The number of anilines is 2. The van der Waals surface area contributed by atoms with Crippen LogP contribution >= 0.6 is 0 Å². The number of aliphatic hydroxyl groups excluding tert-OH is 1. The van der Waals surface area contributed by atoms with Gasteiger partial charge in [0.15, 0.2) is 0 Å². The molecule has 0 spiro atoms. The van der Waals surface area contributed by atoms with E-state index in [1.54, 1.807) is 6.07 Å². The maximum Gasteiger partial charge on any atom is 0.311 e. The van der Waals surface area contributed by atoms with Crippen molar-refractivity contribution in [3.8, 4) is 0 Å². The fourth-order valence-corrected chi connectivity index (χ4v) is 2.26. The number of nitrogens with zero attached hydrogens (tertiary/aromatic N) is 3. The molecule has 0 unspecified atom stereocenters. The lowest BCUT2D eigenvalue weighted by atomic mass is 10.1. The van der Waals surface area contributed by atoms with Crippen molar-refractivity contribution in [2.24, 2.45) is 0 Å². The van der Waals surface area contributed by atoms with Crippen molar-refractivity contribution < 1.29 is 14.8 Å². The van der Waals surface area contributed by atoms with E-state index in [2.05, 4.69) is 4.98 Å². The predicted molar refractivity (Wildman–Crippen MR) is 73.6 cm³/mol. The van der Waals surface area contributed by atoms with E-state index < -0.39 is 4.92 Å². The summed E-state index contributed by atoms with van der Waals surface area (Å²) >= 11 is 0. The summed E-state index contributed by atoms with van der Waals surface area (Å²) in [6.45, 7) is 1.88. The summed E-state index contributed by atoms with van der Waals surface area (Å²) in [6, 6.07) is 3.00. The van der Waals surface area contributed by atoms with Crippen LogP contribution < -0.4 is 10.6 Å². The molecule has 1 aliphatic heterocycles. The lowest BCUT2D eigenvalue weighted by Gasteiger charge is -2.32. The van der Waals surface area contributed by atoms with E-state index in [1.165, 1.54) is 6.07 Å². The average Bonchev–Trinajstić information content (AvgIpc) is 2.45. The van der Waals surface area contributed by atoms with Gasteiger partial charge < -0.3 is 20.5 Å². The van der Waals surface area contributed by atoms with Gasteiger partial charge in [-0.05, 0) is 18.9 Å². The van der Waals surface area contributed by atoms with Gasteiger partial charge in [0.05, 0.1) is 24.2 Å². The summed E-state index contributed by atoms with van der Waals surface area (Å²) in [7, 11) is 0. The van der Waals surface area contributed by atoms with Crippen LogP contribution in [0.4, 0.5) is 17.3 Å². The third-order valence-corrected chi connectivity index (χ3v) is 3.30. The number of hydrogen-bond acceptors (Lipinski definition) is 7. The van der Waals surface area contributed by atoms with Crippen molar-refractivity contribution in [1.82, 2.24) is 4.98 Å². The van der Waals surface area contributed by atoms with E-state index in [-0.39, 0.29) is 24.2 Å². The number of rotatable bonds is 5. The standard InChI is InChI=1S/C12H18N4O4/c13-12-10(16(18)19)1-2-11(14-12)15-5-3-9(4-6-15)20-8-7-17/h1-2,9,17H,3-8H2,(H2,13,14). The molecule has 1 aliphatic rings. The summed E-state index contributed by atoms with van der Waals surface area (Å²) in [5.41, 5.74) is 5.42. The molecular weight excluding hydrogens is 264 g/mol. The largest absolute Gasteiger partial charge is 0.394 e. The molecule has 0 radical (unpaired) electrons. The number of aliphatic hydroxyl groups is 1. The highest BCUT2D eigenvalue weighted by Gasteiger charge is 2.22. The number of piperidine rings is 1. The first-order valence-corrected chi connectivity index (χ1v) is 6.50. The van der Waals surface area contributed by atoms with E-state index in [1.807, 2.05) is 4.90 Å². The summed E-state index contributed by atoms with van der Waals surface area (Å²) < 4.78 is 5.48. The topological polar surface area (TPSA) is 115 Å². The van der Waals surface area contributed by atoms with Crippen molar-refractivity contribution >= 4 is 17.3 Å². The molecule has 0 amide bonds. The van der Waals surface area contributed by atoms with Crippen molar-refractivity contribution in [3.05, 3.63) is 22.2 Å². The van der Waals surface area contributed by atoms with Crippen LogP contribution in [0.2, 0.25) is 0 Å². The van der Waals surface area contributed by atoms with Crippen LogP contribution in [0.3, 0.4) is 0 Å². The van der Waals surface area contributed by atoms with Crippen molar-refractivity contribution in [2.45, 2.75) is 18.9 Å². The van der Waals surface area contributed by atoms with Crippen LogP contribution in [-0.4, -0.2) is 47.4 Å². The van der Waals surface area contributed by atoms with Crippen LogP contribution in [0.5, 0.6) is 0 Å². The SMILES string of the molecule is Nc1nc(N2CCC(OCCO)CC2)ccc1[N+](=O)[O-]. The number of pyridine rings is 1. The Hall–Kier alpha value is -1.93. The van der Waals surface area contributed by atoms with Gasteiger partial charge in [-0.25, -0.2) is 4.98 Å². The van der Waals surface area contributed by atoms with Crippen molar-refractivity contribution in [3.63, 3.8) is 0 Å². The second-order valence-electron chi connectivity index (χ2n) is 4.61. The molecule has 2 rings (SSSR count).